The van der Waals surface area contributed by atoms with Gasteiger partial charge in [-0.3, -0.25) is 9.69 Å². The van der Waals surface area contributed by atoms with E-state index >= 15 is 0 Å². The molecule has 12 heteroatoms. The van der Waals surface area contributed by atoms with Gasteiger partial charge in [-0.1, -0.05) is 48.5 Å². The molecule has 0 saturated heterocycles. The van der Waals surface area contributed by atoms with Gasteiger partial charge in [-0.05, 0) is 74.7 Å². The molecule has 0 saturated carbocycles. The summed E-state index contributed by atoms with van der Waals surface area (Å²) in [5, 5.41) is 18.6. The summed E-state index contributed by atoms with van der Waals surface area (Å²) >= 11 is 1.53. The Bertz CT molecular complexity index is 1370. The van der Waals surface area contributed by atoms with E-state index in [1.807, 2.05) is 60.0 Å². The van der Waals surface area contributed by atoms with Gasteiger partial charge in [0.1, 0.15) is 18.2 Å². The summed E-state index contributed by atoms with van der Waals surface area (Å²) < 4.78 is 5.25. The number of hydrogen-bond acceptors (Lipinski definition) is 7. The molecule has 3 N–H and O–H groups in total. The summed E-state index contributed by atoms with van der Waals surface area (Å²) in [4.78, 5) is 45.8. The van der Waals surface area contributed by atoms with E-state index in [0.29, 0.717) is 31.6 Å². The van der Waals surface area contributed by atoms with Crippen LogP contribution in [0.5, 0.6) is 0 Å². The molecule has 228 valence electrons. The molecular formula is C31H39N6O5S+. The predicted octanol–water partition coefficient (Wildman–Crippen LogP) is 6.70. The fourth-order valence-corrected chi connectivity index (χ4v) is 5.36. The van der Waals surface area contributed by atoms with Gasteiger partial charge in [-0.25, -0.2) is 9.59 Å². The minimum atomic E-state index is -1.17. The van der Waals surface area contributed by atoms with E-state index < -0.39 is 23.8 Å². The summed E-state index contributed by atoms with van der Waals surface area (Å²) in [6.07, 6.45) is -0.370. The second-order valence-electron chi connectivity index (χ2n) is 11.0. The van der Waals surface area contributed by atoms with Crippen LogP contribution in [0.1, 0.15) is 56.0 Å². The van der Waals surface area contributed by atoms with E-state index in [-0.39, 0.29) is 25.5 Å². The van der Waals surface area contributed by atoms with Crippen molar-refractivity contribution in [3.05, 3.63) is 88.1 Å². The highest BCUT2D eigenvalue weighted by molar-refractivity contribution is 7.09. The second kappa shape index (κ2) is 16.2. The number of alkyl carbamates (subject to hydrolysis) is 1. The molecule has 3 rings (SSSR count). The van der Waals surface area contributed by atoms with Crippen molar-refractivity contribution in [1.82, 2.24) is 20.0 Å². The molecule has 0 spiro atoms. The number of nitrogens with one attached hydrogen (secondary N) is 2. The first-order valence-corrected chi connectivity index (χ1v) is 14.9. The topological polar surface area (TPSA) is 149 Å². The number of carbonyl (C=O) groups is 3. The number of hydrogen-bond donors (Lipinski definition) is 3. The first kappa shape index (κ1) is 33.0. The monoisotopic (exact) mass is 607 g/mol. The average molecular weight is 608 g/mol. The van der Waals surface area contributed by atoms with Gasteiger partial charge in [-0.15, -0.1) is 11.3 Å². The van der Waals surface area contributed by atoms with Crippen LogP contribution in [-0.2, 0) is 29.2 Å². The first-order valence-electron chi connectivity index (χ1n) is 14.0. The Morgan fingerprint density at radius 1 is 1.00 bits per heavy atom. The number of nitrogens with zero attached hydrogens (tertiary/aromatic N) is 4. The average Bonchev–Trinajstić information content (AvgIpc) is 3.48. The Balaban J connectivity index is 1.71. The Hall–Kier alpha value is -4.54. The van der Waals surface area contributed by atoms with Gasteiger partial charge >= 0.3 is 12.2 Å². The molecule has 0 bridgehead atoms. The number of thiophene rings is 1. The lowest BCUT2D eigenvalue weighted by molar-refractivity contribution is -0.139. The third-order valence-electron chi connectivity index (χ3n) is 6.63. The molecule has 0 aliphatic rings. The summed E-state index contributed by atoms with van der Waals surface area (Å²) in [5.41, 5.74) is 8.34. The first-order chi connectivity index (χ1) is 20.6. The standard InChI is InChI=1S/C31H38N6O5S/c1-31(2,3)37(30(40)41)27(13-7-8-18-33-29(39)42-22-24-10-5-4-6-11-24)28(38)36(21-26-12-9-19-43-26)20-23-14-16-25(17-15-23)34-35-32/h4-6,9-12,14-17,19,27,32H,7-8,13,18,20-22H2,1-3H3,(H-,33,39,40,41)/p+1/t27-/m0/s1. The fourth-order valence-electron chi connectivity index (χ4n) is 4.64. The van der Waals surface area contributed by atoms with Crippen molar-refractivity contribution in [2.75, 3.05) is 6.54 Å². The van der Waals surface area contributed by atoms with Crippen molar-refractivity contribution >= 4 is 35.1 Å². The lowest BCUT2D eigenvalue weighted by Gasteiger charge is -2.41. The number of rotatable bonds is 14. The fraction of sp³-hybridized carbons (Fsp3) is 0.387. The maximum Gasteiger partial charge on any atom is 0.408 e. The zero-order chi connectivity index (χ0) is 31.2. The highest BCUT2D eigenvalue weighted by Crippen LogP contribution is 2.25. The molecule has 3 amide bonds. The number of carbonyl (C=O) groups excluding carboxylic acids is 2. The Labute approximate surface area is 255 Å². The third-order valence-corrected chi connectivity index (χ3v) is 7.49. The quantitative estimate of drug-likeness (QED) is 0.106. The van der Waals surface area contributed by atoms with Gasteiger partial charge in [0.05, 0.1) is 6.54 Å². The summed E-state index contributed by atoms with van der Waals surface area (Å²) in [7, 11) is 0. The Morgan fingerprint density at radius 3 is 2.33 bits per heavy atom. The van der Waals surface area contributed by atoms with Crippen LogP contribution in [0.3, 0.4) is 0 Å². The van der Waals surface area contributed by atoms with Gasteiger partial charge in [-0.2, -0.15) is 0 Å². The minimum absolute atomic E-state index is 0.166. The molecule has 0 aliphatic heterocycles. The normalized spacial score (nSPS) is 11.6. The van der Waals surface area contributed by atoms with Gasteiger partial charge in [0.25, 0.3) is 0 Å². The highest BCUT2D eigenvalue weighted by Gasteiger charge is 2.39. The molecule has 0 fully saturated rings. The van der Waals surface area contributed by atoms with Gasteiger partial charge in [0.15, 0.2) is 10.8 Å². The van der Waals surface area contributed by atoms with Crippen LogP contribution in [0.15, 0.2) is 77.2 Å². The van der Waals surface area contributed by atoms with E-state index in [2.05, 4.69) is 15.3 Å². The number of amides is 3. The van der Waals surface area contributed by atoms with Crippen molar-refractivity contribution in [3.63, 3.8) is 0 Å². The van der Waals surface area contributed by atoms with Crippen molar-refractivity contribution in [3.8, 4) is 0 Å². The zero-order valence-corrected chi connectivity index (χ0v) is 25.5. The van der Waals surface area contributed by atoms with Gasteiger partial charge in [0.2, 0.25) is 10.8 Å². The van der Waals surface area contributed by atoms with E-state index in [0.717, 1.165) is 16.0 Å². The molecule has 0 aliphatic carbocycles. The maximum atomic E-state index is 14.2. The van der Waals surface area contributed by atoms with Crippen LogP contribution in [0.4, 0.5) is 15.3 Å². The van der Waals surface area contributed by atoms with Crippen LogP contribution < -0.4 is 10.2 Å². The van der Waals surface area contributed by atoms with E-state index in [9.17, 15) is 19.5 Å². The Morgan fingerprint density at radius 2 is 1.72 bits per heavy atom. The number of carboxylic acid groups (broad SMARTS) is 1. The van der Waals surface area contributed by atoms with Crippen LogP contribution >= 0.6 is 11.3 Å². The minimum Gasteiger partial charge on any atom is -0.465 e. The molecule has 43 heavy (non-hydrogen) atoms. The summed E-state index contributed by atoms with van der Waals surface area (Å²) in [6, 6.07) is 19.4. The lowest BCUT2D eigenvalue weighted by Crippen LogP contribution is -2.57. The maximum absolute atomic E-state index is 14.2. The molecular weight excluding hydrogens is 568 g/mol. The van der Waals surface area contributed by atoms with Crippen LogP contribution in [0.25, 0.3) is 0 Å². The molecule has 2 aromatic carbocycles. The summed E-state index contributed by atoms with van der Waals surface area (Å²) in [5.74, 6) is -0.295. The third kappa shape index (κ3) is 10.7. The molecule has 3 aromatic rings. The van der Waals surface area contributed by atoms with E-state index in [4.69, 9.17) is 10.3 Å². The lowest BCUT2D eigenvalue weighted by atomic mass is 9.98. The van der Waals surface area contributed by atoms with Crippen LogP contribution in [-0.4, -0.2) is 51.1 Å². The van der Waals surface area contributed by atoms with Crippen LogP contribution in [0, 0.1) is 5.53 Å². The molecule has 0 unspecified atom stereocenters. The molecule has 0 radical (unpaired) electrons. The van der Waals surface area contributed by atoms with Crippen molar-refractivity contribution in [2.24, 2.45) is 5.11 Å². The summed E-state index contributed by atoms with van der Waals surface area (Å²) in [6.45, 7) is 6.40. The number of unbranched alkanes of at least 4 members (excludes halogenated alkanes) is 1. The molecule has 1 atom stereocenters. The molecule has 1 aromatic heterocycles. The van der Waals surface area contributed by atoms with Crippen LogP contribution in [0.2, 0.25) is 0 Å². The number of ether oxygens (including phenoxy) is 1. The molecule has 11 nitrogen and oxygen atoms in total. The van der Waals surface area contributed by atoms with Gasteiger partial charge in [0, 0.05) is 23.5 Å². The van der Waals surface area contributed by atoms with Gasteiger partial charge < -0.3 is 20.1 Å². The van der Waals surface area contributed by atoms with Crippen molar-refractivity contribution in [1.29, 1.82) is 5.53 Å². The van der Waals surface area contributed by atoms with E-state index in [1.165, 1.54) is 16.2 Å². The predicted molar refractivity (Wildman–Crippen MR) is 164 cm³/mol. The van der Waals surface area contributed by atoms with Crippen molar-refractivity contribution in [2.45, 2.75) is 71.3 Å². The highest BCUT2D eigenvalue weighted by atomic mass is 32.1. The van der Waals surface area contributed by atoms with E-state index in [1.54, 1.807) is 37.8 Å². The number of benzene rings is 2. The van der Waals surface area contributed by atoms with Crippen molar-refractivity contribution < 1.29 is 24.2 Å². The zero-order valence-electron chi connectivity index (χ0n) is 24.7. The smallest absolute Gasteiger partial charge is 0.408 e. The SMILES string of the molecule is CC(C)(C)N(C(=O)O)[C@@H](CCCCNC(=O)OCc1ccccc1)C(=O)N(Cc1ccc(N=[N+]=N)cc1)Cc1cccs1. The molecule has 1 heterocycles. The second-order valence-corrected chi connectivity index (χ2v) is 12.0. The largest absolute Gasteiger partial charge is 0.465 e. The Kier molecular flexibility index (Phi) is 12.4.